The summed E-state index contributed by atoms with van der Waals surface area (Å²) in [4.78, 5) is 26.9. The van der Waals surface area contributed by atoms with Crippen molar-refractivity contribution in [2.45, 2.75) is 40.0 Å². The summed E-state index contributed by atoms with van der Waals surface area (Å²) in [5.74, 6) is -0.580. The number of aromatic nitrogens is 1. The van der Waals surface area contributed by atoms with Gasteiger partial charge < -0.3 is 9.30 Å². The Morgan fingerprint density at radius 1 is 1.07 bits per heavy atom. The second kappa shape index (κ2) is 7.40. The molecule has 2 aromatic heterocycles. The van der Waals surface area contributed by atoms with E-state index < -0.39 is 5.97 Å². The Bertz CT molecular complexity index is 1030. The van der Waals surface area contributed by atoms with Crippen molar-refractivity contribution in [3.63, 3.8) is 0 Å². The van der Waals surface area contributed by atoms with Crippen molar-refractivity contribution in [1.82, 2.24) is 4.57 Å². The van der Waals surface area contributed by atoms with Crippen LogP contribution in [0.15, 0.2) is 36.4 Å². The zero-order valence-electron chi connectivity index (χ0n) is 16.4. The molecule has 1 aliphatic rings. The summed E-state index contributed by atoms with van der Waals surface area (Å²) in [6.07, 6.45) is 3.23. The third kappa shape index (κ3) is 3.42. The summed E-state index contributed by atoms with van der Waals surface area (Å²) in [5.41, 5.74) is 5.89. The van der Waals surface area contributed by atoms with Crippen LogP contribution >= 0.6 is 11.3 Å². The van der Waals surface area contributed by atoms with Crippen LogP contribution < -0.4 is 0 Å². The molecule has 0 aliphatic heterocycles. The molecule has 0 bridgehead atoms. The first-order chi connectivity index (χ1) is 13.4. The van der Waals surface area contributed by atoms with Gasteiger partial charge in [0.15, 0.2) is 6.61 Å². The van der Waals surface area contributed by atoms with Gasteiger partial charge in [0.05, 0.1) is 0 Å². The Labute approximate surface area is 168 Å². The van der Waals surface area contributed by atoms with Crippen LogP contribution in [0.1, 0.15) is 53.8 Å². The standard InChI is InChI=1S/C23H23NO3S/c1-14-7-9-18(10-8-14)24-15(2)11-19(16(24)3)20(25)13-27-23(26)22-12-17-5-4-6-21(17)28-22/h7-12H,4-6,13H2,1-3H3. The minimum atomic E-state index is -0.403. The molecule has 0 amide bonds. The number of fused-ring (bicyclic) bond motifs is 1. The van der Waals surface area contributed by atoms with Gasteiger partial charge in [-0.3, -0.25) is 4.79 Å². The number of thiophene rings is 1. The number of ether oxygens (including phenoxy) is 1. The molecule has 28 heavy (non-hydrogen) atoms. The van der Waals surface area contributed by atoms with Gasteiger partial charge in [0, 0.05) is 27.5 Å². The van der Waals surface area contributed by atoms with E-state index in [2.05, 4.69) is 16.7 Å². The Kier molecular flexibility index (Phi) is 4.94. The monoisotopic (exact) mass is 393 g/mol. The van der Waals surface area contributed by atoms with Gasteiger partial charge in [-0.25, -0.2) is 4.79 Å². The number of nitrogens with zero attached hydrogens (tertiary/aromatic N) is 1. The van der Waals surface area contributed by atoms with Crippen molar-refractivity contribution in [2.24, 2.45) is 0 Å². The summed E-state index contributed by atoms with van der Waals surface area (Å²) < 4.78 is 7.37. The molecule has 144 valence electrons. The molecule has 0 fully saturated rings. The van der Waals surface area contributed by atoms with Crippen LogP contribution in [-0.2, 0) is 17.6 Å². The molecule has 0 N–H and O–H groups in total. The second-order valence-corrected chi connectivity index (χ2v) is 8.50. The minimum absolute atomic E-state index is 0.177. The maximum absolute atomic E-state index is 12.7. The molecule has 3 aromatic rings. The topological polar surface area (TPSA) is 48.3 Å². The van der Waals surface area contributed by atoms with Gasteiger partial charge in [-0.15, -0.1) is 11.3 Å². The number of aryl methyl sites for hydroxylation is 4. The predicted octanol–water partition coefficient (Wildman–Crippen LogP) is 4.99. The highest BCUT2D eigenvalue weighted by molar-refractivity contribution is 7.14. The van der Waals surface area contributed by atoms with Gasteiger partial charge >= 0.3 is 5.97 Å². The smallest absolute Gasteiger partial charge is 0.348 e. The van der Waals surface area contributed by atoms with Crippen LogP contribution in [0.3, 0.4) is 0 Å². The molecular weight excluding hydrogens is 370 g/mol. The van der Waals surface area contributed by atoms with E-state index in [1.807, 2.05) is 45.0 Å². The van der Waals surface area contributed by atoms with Crippen LogP contribution in [-0.4, -0.2) is 22.9 Å². The van der Waals surface area contributed by atoms with Gasteiger partial charge in [-0.1, -0.05) is 17.7 Å². The van der Waals surface area contributed by atoms with Crippen LogP contribution in [0, 0.1) is 20.8 Å². The molecule has 1 aromatic carbocycles. The lowest BCUT2D eigenvalue weighted by atomic mass is 10.1. The first-order valence-electron chi connectivity index (χ1n) is 9.52. The number of benzene rings is 1. The Morgan fingerprint density at radius 2 is 1.82 bits per heavy atom. The third-order valence-electron chi connectivity index (χ3n) is 5.31. The zero-order chi connectivity index (χ0) is 19.8. The van der Waals surface area contributed by atoms with Gasteiger partial charge in [0.25, 0.3) is 0 Å². The fraction of sp³-hybridized carbons (Fsp3) is 0.304. The van der Waals surface area contributed by atoms with Crippen molar-refractivity contribution < 1.29 is 14.3 Å². The average Bonchev–Trinajstić information content (AvgIpc) is 3.34. The lowest BCUT2D eigenvalue weighted by Gasteiger charge is -2.10. The van der Waals surface area contributed by atoms with Crippen molar-refractivity contribution in [3.8, 4) is 5.69 Å². The summed E-state index contributed by atoms with van der Waals surface area (Å²) in [7, 11) is 0. The molecule has 0 saturated heterocycles. The Hall–Kier alpha value is -2.66. The summed E-state index contributed by atoms with van der Waals surface area (Å²) in [6, 6.07) is 12.0. The largest absolute Gasteiger partial charge is 0.453 e. The highest BCUT2D eigenvalue weighted by atomic mass is 32.1. The van der Waals surface area contributed by atoms with Crippen molar-refractivity contribution in [3.05, 3.63) is 74.2 Å². The molecule has 5 heteroatoms. The number of ketones is 1. The average molecular weight is 394 g/mol. The van der Waals surface area contributed by atoms with Crippen LogP contribution in [0.2, 0.25) is 0 Å². The Morgan fingerprint density at radius 3 is 2.54 bits per heavy atom. The number of hydrogen-bond acceptors (Lipinski definition) is 4. The fourth-order valence-electron chi connectivity index (χ4n) is 3.85. The maximum Gasteiger partial charge on any atom is 0.348 e. The molecule has 0 unspecified atom stereocenters. The van der Waals surface area contributed by atoms with Crippen molar-refractivity contribution in [1.29, 1.82) is 0 Å². The number of hydrogen-bond donors (Lipinski definition) is 0. The number of carbonyl (C=O) groups is 2. The summed E-state index contributed by atoms with van der Waals surface area (Å²) in [6.45, 7) is 5.71. The van der Waals surface area contributed by atoms with Gasteiger partial charge in [0.1, 0.15) is 4.88 Å². The van der Waals surface area contributed by atoms with E-state index in [-0.39, 0.29) is 12.4 Å². The first-order valence-corrected chi connectivity index (χ1v) is 10.3. The predicted molar refractivity (Wildman–Crippen MR) is 111 cm³/mol. The number of rotatable bonds is 5. The lowest BCUT2D eigenvalue weighted by Crippen LogP contribution is -2.14. The second-order valence-electron chi connectivity index (χ2n) is 7.37. The fourth-order valence-corrected chi connectivity index (χ4v) is 4.99. The van der Waals surface area contributed by atoms with Gasteiger partial charge in [-0.05, 0) is 69.9 Å². The van der Waals surface area contributed by atoms with Gasteiger partial charge in [-0.2, -0.15) is 0 Å². The lowest BCUT2D eigenvalue weighted by molar-refractivity contribution is 0.0479. The third-order valence-corrected chi connectivity index (χ3v) is 6.52. The highest BCUT2D eigenvalue weighted by Crippen LogP contribution is 2.31. The van der Waals surface area contributed by atoms with Gasteiger partial charge in [0.2, 0.25) is 5.78 Å². The minimum Gasteiger partial charge on any atom is -0.453 e. The van der Waals surface area contributed by atoms with E-state index in [1.54, 1.807) is 0 Å². The van der Waals surface area contributed by atoms with E-state index in [0.717, 1.165) is 36.3 Å². The molecule has 2 heterocycles. The molecule has 0 atom stereocenters. The molecule has 0 spiro atoms. The van der Waals surface area contributed by atoms with Crippen molar-refractivity contribution >= 4 is 23.1 Å². The maximum atomic E-state index is 12.7. The Balaban J connectivity index is 1.48. The van der Waals surface area contributed by atoms with Crippen molar-refractivity contribution in [2.75, 3.05) is 6.61 Å². The molecule has 4 rings (SSSR count). The molecule has 0 radical (unpaired) electrons. The van der Waals surface area contributed by atoms with E-state index in [1.165, 1.54) is 27.3 Å². The number of carbonyl (C=O) groups excluding carboxylic acids is 2. The molecule has 4 nitrogen and oxygen atoms in total. The van der Waals surface area contributed by atoms with E-state index in [9.17, 15) is 9.59 Å². The number of esters is 1. The van der Waals surface area contributed by atoms with E-state index in [0.29, 0.717) is 10.4 Å². The van der Waals surface area contributed by atoms with E-state index >= 15 is 0 Å². The normalized spacial score (nSPS) is 12.8. The molecule has 1 aliphatic carbocycles. The SMILES string of the molecule is Cc1ccc(-n2c(C)cc(C(=O)COC(=O)c3cc4c(s3)CCC4)c2C)cc1. The zero-order valence-corrected chi connectivity index (χ0v) is 17.2. The first kappa shape index (κ1) is 18.7. The summed E-state index contributed by atoms with van der Waals surface area (Å²) in [5, 5.41) is 0. The molecule has 0 saturated carbocycles. The van der Waals surface area contributed by atoms with E-state index in [4.69, 9.17) is 4.74 Å². The summed E-state index contributed by atoms with van der Waals surface area (Å²) >= 11 is 1.50. The van der Waals surface area contributed by atoms with Crippen LogP contribution in [0.4, 0.5) is 0 Å². The number of Topliss-reactive ketones (excluding diaryl/α,β-unsaturated/α-hetero) is 1. The van der Waals surface area contributed by atoms with Crippen LogP contribution in [0.5, 0.6) is 0 Å². The molecular formula is C23H23NO3S. The quantitative estimate of drug-likeness (QED) is 0.453. The highest BCUT2D eigenvalue weighted by Gasteiger charge is 2.22. The van der Waals surface area contributed by atoms with Crippen LogP contribution in [0.25, 0.3) is 5.69 Å².